The minimum Gasteiger partial charge on any atom is -0.759 e. The van der Waals surface area contributed by atoms with E-state index in [0.29, 0.717) is 25.0 Å². The van der Waals surface area contributed by atoms with E-state index in [1.54, 1.807) is 0 Å². The summed E-state index contributed by atoms with van der Waals surface area (Å²) >= 11 is -2.39. The second kappa shape index (κ2) is 11.2. The predicted molar refractivity (Wildman–Crippen MR) is 150 cm³/mol. The van der Waals surface area contributed by atoms with Crippen LogP contribution in [0.1, 0.15) is 41.3 Å². The van der Waals surface area contributed by atoms with E-state index in [-0.39, 0.29) is 0 Å². The van der Waals surface area contributed by atoms with Crippen molar-refractivity contribution in [1.29, 1.82) is 0 Å². The maximum absolute atomic E-state index is 10.9. The van der Waals surface area contributed by atoms with Gasteiger partial charge in [-0.3, -0.25) is 8.78 Å². The first-order valence-electron chi connectivity index (χ1n) is 13.0. The first kappa shape index (κ1) is 25.7. The summed E-state index contributed by atoms with van der Waals surface area (Å²) in [4.78, 5) is 7.24. The van der Waals surface area contributed by atoms with Crippen LogP contribution >= 0.6 is 0 Å². The summed E-state index contributed by atoms with van der Waals surface area (Å²) < 4.78 is 31.5. The standard InChI is InChI=1S/C28H31N7O3S/c1-19-16-23-22(18-30-33-39(36)37)8-5-9-25(23)34(19)28-31-27(29-17-20-6-3-2-4-7-20)26-11-10-24(35(26)32-28)21-12-14-38-15-13-21/h2-11,16,21,30,33H,12-15,17-18H2,1H3,(H,36,37)(H,29,31,32)/p-1. The van der Waals surface area contributed by atoms with Gasteiger partial charge in [-0.1, -0.05) is 42.5 Å². The quantitative estimate of drug-likeness (QED) is 0.190. The molecule has 1 fully saturated rings. The molecule has 4 heterocycles. The Morgan fingerprint density at radius 2 is 1.85 bits per heavy atom. The van der Waals surface area contributed by atoms with Crippen molar-refractivity contribution in [3.8, 4) is 5.95 Å². The predicted octanol–water partition coefficient (Wildman–Crippen LogP) is 3.88. The molecule has 3 aromatic heterocycles. The van der Waals surface area contributed by atoms with Crippen LogP contribution in [0, 0.1) is 6.92 Å². The number of rotatable bonds is 9. The third-order valence-electron chi connectivity index (χ3n) is 7.23. The SMILES string of the molecule is Cc1cc2c(CNNS(=O)[O-])cccc2n1-c1nc(NCc2ccccc2)c2ccc(C3CCOCC3)n2n1. The summed E-state index contributed by atoms with van der Waals surface area (Å²) in [7, 11) is 0. The van der Waals surface area contributed by atoms with E-state index < -0.39 is 11.3 Å². The van der Waals surface area contributed by atoms with E-state index in [2.05, 4.69) is 50.5 Å². The minimum atomic E-state index is -2.39. The molecule has 3 N–H and O–H groups in total. The van der Waals surface area contributed by atoms with Crippen molar-refractivity contribution >= 4 is 33.5 Å². The van der Waals surface area contributed by atoms with E-state index in [0.717, 1.165) is 65.2 Å². The van der Waals surface area contributed by atoms with Crippen LogP contribution in [0.2, 0.25) is 0 Å². The van der Waals surface area contributed by atoms with Crippen LogP contribution in [0.3, 0.4) is 0 Å². The van der Waals surface area contributed by atoms with Crippen LogP contribution < -0.4 is 15.6 Å². The molecule has 1 aliphatic rings. The van der Waals surface area contributed by atoms with Crippen LogP contribution in [-0.4, -0.2) is 41.1 Å². The maximum atomic E-state index is 10.9. The van der Waals surface area contributed by atoms with Crippen LogP contribution in [0.25, 0.3) is 22.4 Å². The van der Waals surface area contributed by atoms with E-state index >= 15 is 0 Å². The van der Waals surface area contributed by atoms with Gasteiger partial charge in [0.1, 0.15) is 5.52 Å². The number of aryl methyl sites for hydroxylation is 1. The lowest BCUT2D eigenvalue weighted by atomic mass is 9.97. The summed E-state index contributed by atoms with van der Waals surface area (Å²) in [6.07, 6.45) is 1.92. The molecule has 1 aliphatic heterocycles. The molecule has 1 unspecified atom stereocenters. The van der Waals surface area contributed by atoms with Gasteiger partial charge in [0.25, 0.3) is 5.95 Å². The molecular weight excluding hydrogens is 514 g/mol. The number of hydrogen-bond acceptors (Lipinski definition) is 7. The van der Waals surface area contributed by atoms with Gasteiger partial charge in [0, 0.05) is 60.3 Å². The molecule has 1 atom stereocenters. The number of nitrogens with zero attached hydrogens (tertiary/aromatic N) is 4. The van der Waals surface area contributed by atoms with Gasteiger partial charge in [0.2, 0.25) is 0 Å². The highest BCUT2D eigenvalue weighted by atomic mass is 32.2. The molecule has 0 radical (unpaired) electrons. The third-order valence-corrected chi connectivity index (χ3v) is 7.54. The lowest BCUT2D eigenvalue weighted by Crippen LogP contribution is -2.32. The fraction of sp³-hybridized carbons (Fsp3) is 0.286. The van der Waals surface area contributed by atoms with Crippen molar-refractivity contribution in [2.24, 2.45) is 0 Å². The zero-order valence-corrected chi connectivity index (χ0v) is 22.4. The Balaban J connectivity index is 1.45. The van der Waals surface area contributed by atoms with Gasteiger partial charge in [-0.25, -0.2) is 9.94 Å². The van der Waals surface area contributed by atoms with Gasteiger partial charge in [-0.05, 0) is 55.2 Å². The highest BCUT2D eigenvalue weighted by molar-refractivity contribution is 7.76. The summed E-state index contributed by atoms with van der Waals surface area (Å²) in [6, 6.07) is 22.6. The van der Waals surface area contributed by atoms with Crippen molar-refractivity contribution in [2.75, 3.05) is 18.5 Å². The van der Waals surface area contributed by atoms with Crippen molar-refractivity contribution in [2.45, 2.75) is 38.8 Å². The van der Waals surface area contributed by atoms with Crippen LogP contribution in [0.4, 0.5) is 5.82 Å². The lowest BCUT2D eigenvalue weighted by Gasteiger charge is -2.22. The Labute approximate surface area is 228 Å². The fourth-order valence-electron chi connectivity index (χ4n) is 5.35. The summed E-state index contributed by atoms with van der Waals surface area (Å²) in [5, 5.41) is 9.63. The molecule has 5 aromatic rings. The van der Waals surface area contributed by atoms with Crippen LogP contribution in [-0.2, 0) is 29.1 Å². The first-order chi connectivity index (χ1) is 19.1. The van der Waals surface area contributed by atoms with E-state index in [4.69, 9.17) is 14.8 Å². The average Bonchev–Trinajstić information content (AvgIpc) is 3.53. The van der Waals surface area contributed by atoms with E-state index in [1.165, 1.54) is 5.56 Å². The zero-order chi connectivity index (χ0) is 26.8. The number of anilines is 1. The molecule has 202 valence electrons. The monoisotopic (exact) mass is 544 g/mol. The Hall–Kier alpha value is -3.61. The van der Waals surface area contributed by atoms with Crippen LogP contribution in [0.15, 0.2) is 66.7 Å². The molecule has 0 amide bonds. The topological polar surface area (TPSA) is 121 Å². The number of ether oxygens (including phenoxy) is 1. The molecule has 6 rings (SSSR count). The number of nitrogens with one attached hydrogen (secondary N) is 3. The number of hydrazine groups is 1. The Kier molecular flexibility index (Phi) is 7.40. The zero-order valence-electron chi connectivity index (χ0n) is 21.6. The smallest absolute Gasteiger partial charge is 0.254 e. The van der Waals surface area contributed by atoms with E-state index in [1.807, 2.05) is 47.8 Å². The molecule has 0 saturated carbocycles. The summed E-state index contributed by atoms with van der Waals surface area (Å²) in [5.41, 5.74) is 8.89. The van der Waals surface area contributed by atoms with E-state index in [9.17, 15) is 8.76 Å². The maximum Gasteiger partial charge on any atom is 0.254 e. The van der Waals surface area contributed by atoms with Crippen molar-refractivity contribution in [3.63, 3.8) is 0 Å². The Morgan fingerprint density at radius 1 is 1.03 bits per heavy atom. The van der Waals surface area contributed by atoms with Gasteiger partial charge >= 0.3 is 0 Å². The highest BCUT2D eigenvalue weighted by Crippen LogP contribution is 2.31. The molecule has 2 aromatic carbocycles. The molecule has 11 heteroatoms. The second-order valence-electron chi connectivity index (χ2n) is 9.70. The summed E-state index contributed by atoms with van der Waals surface area (Å²) in [6.45, 7) is 4.51. The fourth-order valence-corrected chi connectivity index (χ4v) is 5.54. The molecular formula is C28H30N7O3S-. The van der Waals surface area contributed by atoms with Crippen molar-refractivity contribution in [1.82, 2.24) is 29.4 Å². The number of fused-ring (bicyclic) bond motifs is 2. The highest BCUT2D eigenvalue weighted by Gasteiger charge is 2.22. The van der Waals surface area contributed by atoms with Gasteiger partial charge in [0.15, 0.2) is 5.82 Å². The van der Waals surface area contributed by atoms with Crippen molar-refractivity contribution in [3.05, 3.63) is 89.2 Å². The molecule has 0 spiro atoms. The summed E-state index contributed by atoms with van der Waals surface area (Å²) in [5.74, 6) is 1.70. The van der Waals surface area contributed by atoms with Gasteiger partial charge < -0.3 is 14.6 Å². The first-order valence-corrected chi connectivity index (χ1v) is 14.1. The van der Waals surface area contributed by atoms with Crippen molar-refractivity contribution < 1.29 is 13.5 Å². The second-order valence-corrected chi connectivity index (χ2v) is 10.4. The number of aromatic nitrogens is 4. The number of hydrogen-bond donors (Lipinski definition) is 3. The normalized spacial score (nSPS) is 15.2. The Bertz CT molecular complexity index is 1630. The molecule has 0 aliphatic carbocycles. The average molecular weight is 545 g/mol. The van der Waals surface area contributed by atoms with Gasteiger partial charge in [0.05, 0.1) is 5.52 Å². The Morgan fingerprint density at radius 3 is 2.64 bits per heavy atom. The third kappa shape index (κ3) is 5.32. The lowest BCUT2D eigenvalue weighted by molar-refractivity contribution is 0.0841. The molecule has 0 bridgehead atoms. The van der Waals surface area contributed by atoms with Crippen LogP contribution in [0.5, 0.6) is 0 Å². The molecule has 39 heavy (non-hydrogen) atoms. The minimum absolute atomic E-state index is 0.337. The largest absolute Gasteiger partial charge is 0.759 e. The number of benzene rings is 2. The van der Waals surface area contributed by atoms with Gasteiger partial charge in [-0.2, -0.15) is 9.82 Å². The molecule has 10 nitrogen and oxygen atoms in total. The van der Waals surface area contributed by atoms with Gasteiger partial charge in [-0.15, -0.1) is 5.10 Å². The molecule has 1 saturated heterocycles.